The van der Waals surface area contributed by atoms with Crippen LogP contribution in [0.4, 0.5) is 0 Å². The number of fused-ring (bicyclic) bond motifs is 1. The SMILES string of the molecule is COc1cc(-c2nnn(Cc3cc4c(cc3Cl)OCO4)n2)cc(OC)c1OC. The van der Waals surface area contributed by atoms with Gasteiger partial charge in [0.25, 0.3) is 0 Å². The molecule has 1 aliphatic rings. The molecule has 2 aromatic carbocycles. The Labute approximate surface area is 165 Å². The number of halogens is 1. The van der Waals surface area contributed by atoms with Gasteiger partial charge in [0.1, 0.15) is 0 Å². The molecule has 28 heavy (non-hydrogen) atoms. The van der Waals surface area contributed by atoms with E-state index in [0.29, 0.717) is 51.7 Å². The van der Waals surface area contributed by atoms with Gasteiger partial charge in [-0.15, -0.1) is 10.2 Å². The third-order valence-electron chi connectivity index (χ3n) is 4.23. The smallest absolute Gasteiger partial charge is 0.231 e. The standard InChI is InChI=1S/C18H17ClN4O5/c1-24-15-4-10(5-16(25-2)17(15)26-3)18-20-22-23(21-18)8-11-6-13-14(7-12(11)19)28-9-27-13/h4-7H,8-9H2,1-3H3. The van der Waals surface area contributed by atoms with Crippen molar-refractivity contribution in [2.75, 3.05) is 28.1 Å². The van der Waals surface area contributed by atoms with E-state index in [9.17, 15) is 0 Å². The van der Waals surface area contributed by atoms with E-state index in [1.165, 1.54) is 4.80 Å². The van der Waals surface area contributed by atoms with Crippen LogP contribution in [0.2, 0.25) is 5.02 Å². The monoisotopic (exact) mass is 404 g/mol. The predicted octanol–water partition coefficient (Wildman–Crippen LogP) is 2.80. The van der Waals surface area contributed by atoms with Gasteiger partial charge < -0.3 is 23.7 Å². The molecule has 4 rings (SSSR count). The van der Waals surface area contributed by atoms with Crippen molar-refractivity contribution in [2.45, 2.75) is 6.54 Å². The van der Waals surface area contributed by atoms with Crippen LogP contribution in [0.5, 0.6) is 28.7 Å². The summed E-state index contributed by atoms with van der Waals surface area (Å²) >= 11 is 6.32. The van der Waals surface area contributed by atoms with E-state index in [-0.39, 0.29) is 6.79 Å². The fraction of sp³-hybridized carbons (Fsp3) is 0.278. The lowest BCUT2D eigenvalue weighted by atomic mass is 10.1. The van der Waals surface area contributed by atoms with Gasteiger partial charge in [-0.2, -0.15) is 4.80 Å². The molecular formula is C18H17ClN4O5. The number of tetrazole rings is 1. The number of nitrogens with zero attached hydrogens (tertiary/aromatic N) is 4. The van der Waals surface area contributed by atoms with Gasteiger partial charge in [-0.1, -0.05) is 11.6 Å². The largest absolute Gasteiger partial charge is 0.493 e. The lowest BCUT2D eigenvalue weighted by molar-refractivity contribution is 0.174. The number of benzene rings is 2. The summed E-state index contributed by atoms with van der Waals surface area (Å²) in [5.74, 6) is 3.19. The molecule has 2 heterocycles. The first-order chi connectivity index (χ1) is 13.6. The lowest BCUT2D eigenvalue weighted by Crippen LogP contribution is -2.04. The van der Waals surface area contributed by atoms with Gasteiger partial charge in [-0.25, -0.2) is 0 Å². The number of hydrogen-bond donors (Lipinski definition) is 0. The minimum atomic E-state index is 0.183. The highest BCUT2D eigenvalue weighted by Gasteiger charge is 2.19. The second kappa shape index (κ2) is 7.43. The van der Waals surface area contributed by atoms with Crippen LogP contribution < -0.4 is 23.7 Å². The quantitative estimate of drug-likeness (QED) is 0.619. The predicted molar refractivity (Wildman–Crippen MR) is 99.6 cm³/mol. The molecule has 0 amide bonds. The Balaban J connectivity index is 1.63. The van der Waals surface area contributed by atoms with Gasteiger partial charge >= 0.3 is 0 Å². The van der Waals surface area contributed by atoms with Crippen molar-refractivity contribution in [1.29, 1.82) is 0 Å². The molecular weight excluding hydrogens is 388 g/mol. The molecule has 0 bridgehead atoms. The molecule has 0 spiro atoms. The maximum absolute atomic E-state index is 6.32. The second-order valence-corrected chi connectivity index (χ2v) is 6.26. The fourth-order valence-corrected chi connectivity index (χ4v) is 3.08. The second-order valence-electron chi connectivity index (χ2n) is 5.85. The molecule has 0 N–H and O–H groups in total. The summed E-state index contributed by atoms with van der Waals surface area (Å²) in [6.45, 7) is 0.509. The zero-order chi connectivity index (χ0) is 19.7. The molecule has 0 aliphatic carbocycles. The molecule has 146 valence electrons. The van der Waals surface area contributed by atoms with E-state index in [1.54, 1.807) is 39.5 Å². The number of aromatic nitrogens is 4. The maximum atomic E-state index is 6.32. The molecule has 0 saturated heterocycles. The first-order valence-electron chi connectivity index (χ1n) is 8.29. The zero-order valence-electron chi connectivity index (χ0n) is 15.4. The van der Waals surface area contributed by atoms with Crippen molar-refractivity contribution in [3.05, 3.63) is 34.9 Å². The number of ether oxygens (including phenoxy) is 5. The molecule has 1 aliphatic heterocycles. The van der Waals surface area contributed by atoms with E-state index in [4.69, 9.17) is 35.3 Å². The molecule has 10 heteroatoms. The number of hydrogen-bond acceptors (Lipinski definition) is 8. The minimum Gasteiger partial charge on any atom is -0.493 e. The maximum Gasteiger partial charge on any atom is 0.231 e. The van der Waals surface area contributed by atoms with Crippen LogP contribution in [0.25, 0.3) is 11.4 Å². The van der Waals surface area contributed by atoms with Crippen molar-refractivity contribution in [3.63, 3.8) is 0 Å². The summed E-state index contributed by atoms with van der Waals surface area (Å²) in [6, 6.07) is 7.05. The van der Waals surface area contributed by atoms with Gasteiger partial charge in [0.2, 0.25) is 18.4 Å². The van der Waals surface area contributed by atoms with Crippen molar-refractivity contribution >= 4 is 11.6 Å². The lowest BCUT2D eigenvalue weighted by Gasteiger charge is -2.12. The van der Waals surface area contributed by atoms with Crippen LogP contribution in [-0.2, 0) is 6.54 Å². The first-order valence-corrected chi connectivity index (χ1v) is 8.67. The summed E-state index contributed by atoms with van der Waals surface area (Å²) < 4.78 is 26.8. The highest BCUT2D eigenvalue weighted by atomic mass is 35.5. The van der Waals surface area contributed by atoms with Gasteiger partial charge in [-0.3, -0.25) is 0 Å². The Kier molecular flexibility index (Phi) is 4.82. The van der Waals surface area contributed by atoms with Crippen LogP contribution in [0.1, 0.15) is 5.56 Å². The molecule has 3 aromatic rings. The van der Waals surface area contributed by atoms with Crippen molar-refractivity contribution < 1.29 is 23.7 Å². The Morgan fingerprint density at radius 3 is 2.32 bits per heavy atom. The Morgan fingerprint density at radius 2 is 1.68 bits per heavy atom. The average molecular weight is 405 g/mol. The van der Waals surface area contributed by atoms with Crippen LogP contribution in [0.15, 0.2) is 24.3 Å². The number of rotatable bonds is 6. The van der Waals surface area contributed by atoms with E-state index in [1.807, 2.05) is 6.07 Å². The molecule has 0 atom stereocenters. The third-order valence-corrected chi connectivity index (χ3v) is 4.58. The highest BCUT2D eigenvalue weighted by molar-refractivity contribution is 6.31. The normalized spacial score (nSPS) is 12.1. The van der Waals surface area contributed by atoms with Gasteiger partial charge in [-0.05, 0) is 29.0 Å². The molecule has 0 saturated carbocycles. The van der Waals surface area contributed by atoms with E-state index < -0.39 is 0 Å². The topological polar surface area (TPSA) is 89.8 Å². The molecule has 0 fully saturated rings. The number of methoxy groups -OCH3 is 3. The fourth-order valence-electron chi connectivity index (χ4n) is 2.87. The molecule has 9 nitrogen and oxygen atoms in total. The van der Waals surface area contributed by atoms with Gasteiger partial charge in [0, 0.05) is 16.7 Å². The summed E-state index contributed by atoms with van der Waals surface area (Å²) in [5.41, 5.74) is 1.47. The van der Waals surface area contributed by atoms with Crippen molar-refractivity contribution in [1.82, 2.24) is 20.2 Å². The van der Waals surface area contributed by atoms with Crippen molar-refractivity contribution in [2.24, 2.45) is 0 Å². The first kappa shape index (κ1) is 18.2. The van der Waals surface area contributed by atoms with E-state index in [2.05, 4.69) is 15.4 Å². The zero-order valence-corrected chi connectivity index (χ0v) is 16.2. The van der Waals surface area contributed by atoms with E-state index >= 15 is 0 Å². The molecule has 0 radical (unpaired) electrons. The molecule has 1 aromatic heterocycles. The summed E-state index contributed by atoms with van der Waals surface area (Å²) in [6.07, 6.45) is 0. The van der Waals surface area contributed by atoms with Crippen LogP contribution in [0, 0.1) is 0 Å². The van der Waals surface area contributed by atoms with Crippen LogP contribution in [-0.4, -0.2) is 48.3 Å². The van der Waals surface area contributed by atoms with Gasteiger partial charge in [0.05, 0.1) is 27.9 Å². The van der Waals surface area contributed by atoms with Crippen molar-refractivity contribution in [3.8, 4) is 40.1 Å². The minimum absolute atomic E-state index is 0.183. The third kappa shape index (κ3) is 3.24. The van der Waals surface area contributed by atoms with Crippen LogP contribution in [0.3, 0.4) is 0 Å². The Hall–Kier alpha value is -3.20. The van der Waals surface area contributed by atoms with Crippen LogP contribution >= 0.6 is 11.6 Å². The van der Waals surface area contributed by atoms with Gasteiger partial charge in [0.15, 0.2) is 23.0 Å². The molecule has 0 unspecified atom stereocenters. The average Bonchev–Trinajstić information content (AvgIpc) is 3.36. The Bertz CT molecular complexity index is 998. The summed E-state index contributed by atoms with van der Waals surface area (Å²) in [5, 5.41) is 13.2. The van der Waals surface area contributed by atoms with E-state index in [0.717, 1.165) is 5.56 Å². The highest BCUT2D eigenvalue weighted by Crippen LogP contribution is 2.40. The summed E-state index contributed by atoms with van der Waals surface area (Å²) in [4.78, 5) is 1.45. The summed E-state index contributed by atoms with van der Waals surface area (Å²) in [7, 11) is 4.64. The Morgan fingerprint density at radius 1 is 1.00 bits per heavy atom.